The number of rotatable bonds is 4. The van der Waals surface area contributed by atoms with E-state index in [4.69, 9.17) is 0 Å². The second kappa shape index (κ2) is 8.29. The molecule has 5 aromatic rings. The van der Waals surface area contributed by atoms with E-state index in [0.29, 0.717) is 0 Å². The molecule has 0 saturated carbocycles. The average Bonchev–Trinajstić information content (AvgIpc) is 3.20. The van der Waals surface area contributed by atoms with Gasteiger partial charge in [0.2, 0.25) is 0 Å². The molecule has 0 saturated heterocycles. The third-order valence-electron chi connectivity index (χ3n) is 6.22. The predicted octanol–water partition coefficient (Wildman–Crippen LogP) is 8.73. The first-order chi connectivity index (χ1) is 16.4. The van der Waals surface area contributed by atoms with Crippen molar-refractivity contribution in [2.45, 2.75) is 0 Å². The van der Waals surface area contributed by atoms with E-state index in [0.717, 1.165) is 17.1 Å². The van der Waals surface area contributed by atoms with Crippen molar-refractivity contribution < 1.29 is 0 Å². The second-order valence-electron chi connectivity index (χ2n) is 8.25. The summed E-state index contributed by atoms with van der Waals surface area (Å²) in [5.74, 6) is 0. The standard InChI is InChI=1S/C32H23N/c1-3-11-25(12-4-1)33(26-13-5-2-6-14-26)27-21-19-24(20-22-27)23-32-30-17-9-7-15-28(30)29-16-8-10-18-31(29)32/h1-23H. The van der Waals surface area contributed by atoms with Crippen molar-refractivity contribution >= 4 is 28.7 Å². The van der Waals surface area contributed by atoms with Crippen LogP contribution in [0.4, 0.5) is 17.1 Å². The molecule has 1 nitrogen and oxygen atoms in total. The van der Waals surface area contributed by atoms with Gasteiger partial charge in [0.05, 0.1) is 0 Å². The van der Waals surface area contributed by atoms with Crippen molar-refractivity contribution in [3.05, 3.63) is 150 Å². The number of benzene rings is 5. The van der Waals surface area contributed by atoms with Gasteiger partial charge >= 0.3 is 0 Å². The summed E-state index contributed by atoms with van der Waals surface area (Å²) in [6.07, 6.45) is 2.31. The van der Waals surface area contributed by atoms with Gasteiger partial charge in [-0.25, -0.2) is 0 Å². The fraction of sp³-hybridized carbons (Fsp3) is 0. The van der Waals surface area contributed by atoms with Gasteiger partial charge < -0.3 is 4.90 Å². The van der Waals surface area contributed by atoms with E-state index >= 15 is 0 Å². The average molecular weight is 422 g/mol. The Hall–Kier alpha value is -4.36. The van der Waals surface area contributed by atoms with Crippen molar-refractivity contribution in [2.24, 2.45) is 0 Å². The summed E-state index contributed by atoms with van der Waals surface area (Å²) in [5.41, 5.74) is 11.2. The first kappa shape index (κ1) is 19.3. The third-order valence-corrected chi connectivity index (χ3v) is 6.22. The number of anilines is 3. The van der Waals surface area contributed by atoms with Gasteiger partial charge in [-0.1, -0.05) is 97.1 Å². The number of hydrogen-bond donors (Lipinski definition) is 0. The van der Waals surface area contributed by atoms with E-state index in [9.17, 15) is 0 Å². The molecule has 0 atom stereocenters. The van der Waals surface area contributed by atoms with Crippen LogP contribution in [-0.2, 0) is 0 Å². The van der Waals surface area contributed by atoms with Crippen LogP contribution in [0.5, 0.6) is 0 Å². The van der Waals surface area contributed by atoms with Crippen molar-refractivity contribution in [1.29, 1.82) is 0 Å². The first-order valence-corrected chi connectivity index (χ1v) is 11.3. The molecule has 0 aromatic heterocycles. The van der Waals surface area contributed by atoms with E-state index in [-0.39, 0.29) is 0 Å². The van der Waals surface area contributed by atoms with Crippen LogP contribution in [0.25, 0.3) is 22.8 Å². The smallest absolute Gasteiger partial charge is 0.0462 e. The van der Waals surface area contributed by atoms with E-state index in [2.05, 4.69) is 144 Å². The Bertz CT molecular complexity index is 1340. The minimum Gasteiger partial charge on any atom is -0.311 e. The summed E-state index contributed by atoms with van der Waals surface area (Å²) in [6.45, 7) is 0. The lowest BCUT2D eigenvalue weighted by atomic mass is 10.0. The Morgan fingerprint density at radius 3 is 1.24 bits per heavy atom. The van der Waals surface area contributed by atoms with E-state index in [1.54, 1.807) is 0 Å². The highest BCUT2D eigenvalue weighted by Gasteiger charge is 2.22. The van der Waals surface area contributed by atoms with E-state index in [1.807, 2.05) is 0 Å². The molecule has 0 radical (unpaired) electrons. The minimum atomic E-state index is 1.14. The molecule has 0 aliphatic heterocycles. The van der Waals surface area contributed by atoms with Crippen LogP contribution in [0.2, 0.25) is 0 Å². The molecule has 0 bridgehead atoms. The van der Waals surface area contributed by atoms with Crippen LogP contribution in [0.3, 0.4) is 0 Å². The normalized spacial score (nSPS) is 11.6. The first-order valence-electron chi connectivity index (χ1n) is 11.3. The number of hydrogen-bond acceptors (Lipinski definition) is 1. The maximum absolute atomic E-state index is 2.31. The number of para-hydroxylation sites is 2. The summed E-state index contributed by atoms with van der Waals surface area (Å²) >= 11 is 0. The Kier molecular flexibility index (Phi) is 4.86. The third kappa shape index (κ3) is 3.54. The number of nitrogens with zero attached hydrogens (tertiary/aromatic N) is 1. The van der Waals surface area contributed by atoms with Gasteiger partial charge in [-0.05, 0) is 75.9 Å². The van der Waals surface area contributed by atoms with Gasteiger partial charge in [0.1, 0.15) is 0 Å². The van der Waals surface area contributed by atoms with Gasteiger partial charge in [-0.2, -0.15) is 0 Å². The fourth-order valence-corrected chi connectivity index (χ4v) is 4.69. The topological polar surface area (TPSA) is 3.24 Å². The van der Waals surface area contributed by atoms with Crippen molar-refractivity contribution in [3.63, 3.8) is 0 Å². The number of fused-ring (bicyclic) bond motifs is 3. The molecule has 6 rings (SSSR count). The van der Waals surface area contributed by atoms with Gasteiger partial charge in [0.25, 0.3) is 0 Å². The molecule has 5 aromatic carbocycles. The van der Waals surface area contributed by atoms with E-state index < -0.39 is 0 Å². The quantitative estimate of drug-likeness (QED) is 0.275. The maximum atomic E-state index is 2.31. The molecule has 0 unspecified atom stereocenters. The molecule has 156 valence electrons. The van der Waals surface area contributed by atoms with Gasteiger partial charge in [-0.3, -0.25) is 0 Å². The van der Waals surface area contributed by atoms with Crippen molar-refractivity contribution in [1.82, 2.24) is 0 Å². The Morgan fingerprint density at radius 1 is 0.364 bits per heavy atom. The molecule has 0 N–H and O–H groups in total. The molecule has 1 heteroatoms. The Labute approximate surface area is 194 Å². The van der Waals surface area contributed by atoms with Gasteiger partial charge in [0.15, 0.2) is 0 Å². The van der Waals surface area contributed by atoms with Gasteiger partial charge in [0, 0.05) is 17.1 Å². The highest BCUT2D eigenvalue weighted by atomic mass is 15.1. The molecule has 1 aliphatic carbocycles. The predicted molar refractivity (Wildman–Crippen MR) is 140 cm³/mol. The van der Waals surface area contributed by atoms with Crippen molar-refractivity contribution in [2.75, 3.05) is 4.90 Å². The maximum Gasteiger partial charge on any atom is 0.0462 e. The molecule has 0 heterocycles. The van der Waals surface area contributed by atoms with Crippen LogP contribution < -0.4 is 4.90 Å². The highest BCUT2D eigenvalue weighted by Crippen LogP contribution is 2.44. The Morgan fingerprint density at radius 2 is 0.758 bits per heavy atom. The summed E-state index contributed by atoms with van der Waals surface area (Å²) in [6, 6.07) is 47.2. The Balaban J connectivity index is 1.41. The van der Waals surface area contributed by atoms with Crippen molar-refractivity contribution in [3.8, 4) is 11.1 Å². The zero-order valence-electron chi connectivity index (χ0n) is 18.2. The second-order valence-corrected chi connectivity index (χ2v) is 8.25. The summed E-state index contributed by atoms with van der Waals surface area (Å²) in [4.78, 5) is 2.29. The SMILES string of the molecule is C(=C1c2ccccc2-c2ccccc21)c1ccc(N(c2ccccc2)c2ccccc2)cc1. The molecule has 0 fully saturated rings. The highest BCUT2D eigenvalue weighted by molar-refractivity contribution is 6.06. The summed E-state index contributed by atoms with van der Waals surface area (Å²) in [7, 11) is 0. The van der Waals surface area contributed by atoms with Crippen LogP contribution in [0, 0.1) is 0 Å². The van der Waals surface area contributed by atoms with Crippen LogP contribution in [0.15, 0.2) is 133 Å². The molecular formula is C32H23N. The molecule has 0 spiro atoms. The lowest BCUT2D eigenvalue weighted by molar-refractivity contribution is 1.28. The van der Waals surface area contributed by atoms with Crippen LogP contribution >= 0.6 is 0 Å². The summed E-state index contributed by atoms with van der Waals surface area (Å²) < 4.78 is 0. The summed E-state index contributed by atoms with van der Waals surface area (Å²) in [5, 5.41) is 0. The molecule has 0 amide bonds. The lowest BCUT2D eigenvalue weighted by Crippen LogP contribution is -2.09. The zero-order valence-corrected chi connectivity index (χ0v) is 18.2. The molecule has 1 aliphatic rings. The molecule has 33 heavy (non-hydrogen) atoms. The van der Waals surface area contributed by atoms with Crippen LogP contribution in [0.1, 0.15) is 16.7 Å². The van der Waals surface area contributed by atoms with Crippen LogP contribution in [-0.4, -0.2) is 0 Å². The zero-order chi connectivity index (χ0) is 22.0. The van der Waals surface area contributed by atoms with Gasteiger partial charge in [-0.15, -0.1) is 0 Å². The fourth-order valence-electron chi connectivity index (χ4n) is 4.69. The lowest BCUT2D eigenvalue weighted by Gasteiger charge is -2.25. The molecular weight excluding hydrogens is 398 g/mol. The largest absolute Gasteiger partial charge is 0.311 e. The monoisotopic (exact) mass is 421 g/mol. The van der Waals surface area contributed by atoms with E-state index in [1.165, 1.54) is 33.4 Å². The minimum absolute atomic E-state index is 1.14.